The fourth-order valence-corrected chi connectivity index (χ4v) is 3.22. The molecule has 0 saturated carbocycles. The summed E-state index contributed by atoms with van der Waals surface area (Å²) >= 11 is 0. The van der Waals surface area contributed by atoms with Gasteiger partial charge in [-0.1, -0.05) is 27.7 Å². The summed E-state index contributed by atoms with van der Waals surface area (Å²) in [4.78, 5) is 32.9. The van der Waals surface area contributed by atoms with E-state index in [-0.39, 0.29) is 11.5 Å². The van der Waals surface area contributed by atoms with Gasteiger partial charge in [0.15, 0.2) is 0 Å². The lowest BCUT2D eigenvalue weighted by molar-refractivity contribution is -0.145. The maximum atomic E-state index is 12.5. The number of nitrogen functional groups attached to an aromatic ring is 1. The summed E-state index contributed by atoms with van der Waals surface area (Å²) in [5, 5.41) is 2.64. The van der Waals surface area contributed by atoms with E-state index >= 15 is 0 Å². The van der Waals surface area contributed by atoms with Gasteiger partial charge in [0.25, 0.3) is 0 Å². The van der Waals surface area contributed by atoms with Crippen molar-refractivity contribution in [2.24, 2.45) is 5.41 Å². The number of carbonyl (C=O) groups excluding carboxylic acids is 2. The Morgan fingerprint density at radius 2 is 1.90 bits per heavy atom. The minimum absolute atomic E-state index is 0.205. The molecule has 1 saturated heterocycles. The Labute approximate surface area is 181 Å². The number of aryl methyl sites for hydroxylation is 1. The highest BCUT2D eigenvalue weighted by Gasteiger charge is 2.31. The standard InChI is InChI=1S/C19H31N5O2.C4H6/c1-6-14-9-15(10-21-16(14)20)22-17(25)18(26)23-7-8-24(13(2)11-23)12-19(3,4)5;1-3-4-2/h9-10,13H,6-8,11-12H2,1-5H3,(H2,20,21)(H,22,25);1-2H3. The van der Waals surface area contributed by atoms with Crippen molar-refractivity contribution >= 4 is 23.3 Å². The highest BCUT2D eigenvalue weighted by Crippen LogP contribution is 2.20. The second kappa shape index (κ2) is 11.6. The van der Waals surface area contributed by atoms with Gasteiger partial charge in [0.1, 0.15) is 5.82 Å². The van der Waals surface area contributed by atoms with Gasteiger partial charge in [-0.05, 0) is 44.2 Å². The highest BCUT2D eigenvalue weighted by atomic mass is 16.2. The zero-order chi connectivity index (χ0) is 22.9. The van der Waals surface area contributed by atoms with Crippen molar-refractivity contribution in [1.82, 2.24) is 14.8 Å². The normalized spacial score (nSPS) is 16.6. The van der Waals surface area contributed by atoms with Crippen molar-refractivity contribution in [3.05, 3.63) is 17.8 Å². The lowest BCUT2D eigenvalue weighted by Gasteiger charge is -2.42. The number of nitrogens with zero attached hydrogens (tertiary/aromatic N) is 3. The molecule has 166 valence electrons. The minimum Gasteiger partial charge on any atom is -0.383 e. The number of rotatable bonds is 3. The summed E-state index contributed by atoms with van der Waals surface area (Å²) in [5.41, 5.74) is 7.32. The molecule has 1 atom stereocenters. The van der Waals surface area contributed by atoms with Gasteiger partial charge in [-0.2, -0.15) is 0 Å². The van der Waals surface area contributed by atoms with E-state index in [0.717, 1.165) is 18.7 Å². The summed E-state index contributed by atoms with van der Waals surface area (Å²) in [5.74, 6) is 4.68. The molecule has 2 amide bonds. The number of amides is 2. The lowest BCUT2D eigenvalue weighted by atomic mass is 9.95. The molecular weight excluding hydrogens is 378 g/mol. The van der Waals surface area contributed by atoms with Crippen molar-refractivity contribution in [3.8, 4) is 11.8 Å². The molecule has 0 bridgehead atoms. The van der Waals surface area contributed by atoms with Gasteiger partial charge < -0.3 is 16.0 Å². The molecule has 1 aliphatic heterocycles. The van der Waals surface area contributed by atoms with Crippen LogP contribution in [-0.4, -0.2) is 58.8 Å². The second-order valence-corrected chi connectivity index (χ2v) is 8.71. The zero-order valence-corrected chi connectivity index (χ0v) is 19.5. The third kappa shape index (κ3) is 8.03. The van der Waals surface area contributed by atoms with Gasteiger partial charge in [0.05, 0.1) is 11.9 Å². The predicted molar refractivity (Wildman–Crippen MR) is 123 cm³/mol. The van der Waals surface area contributed by atoms with Crippen LogP contribution in [0.25, 0.3) is 0 Å². The van der Waals surface area contributed by atoms with Crippen molar-refractivity contribution < 1.29 is 9.59 Å². The van der Waals surface area contributed by atoms with Crippen molar-refractivity contribution in [3.63, 3.8) is 0 Å². The van der Waals surface area contributed by atoms with Gasteiger partial charge in [0.2, 0.25) is 0 Å². The third-order valence-electron chi connectivity index (χ3n) is 4.81. The Hall–Kier alpha value is -2.59. The molecule has 7 nitrogen and oxygen atoms in total. The maximum Gasteiger partial charge on any atom is 0.313 e. The van der Waals surface area contributed by atoms with Gasteiger partial charge >= 0.3 is 11.8 Å². The first-order valence-electron chi connectivity index (χ1n) is 10.4. The quantitative estimate of drug-likeness (QED) is 0.585. The molecule has 1 aromatic heterocycles. The second-order valence-electron chi connectivity index (χ2n) is 8.71. The molecule has 2 heterocycles. The SMILES string of the molecule is CC#CC.CCc1cc(NC(=O)C(=O)N2CCN(CC(C)(C)C)C(C)C2)cnc1N. The smallest absolute Gasteiger partial charge is 0.313 e. The molecule has 0 aliphatic carbocycles. The van der Waals surface area contributed by atoms with E-state index in [1.165, 1.54) is 6.20 Å². The molecule has 7 heteroatoms. The summed E-state index contributed by atoms with van der Waals surface area (Å²) < 4.78 is 0. The summed E-state index contributed by atoms with van der Waals surface area (Å²) in [6, 6.07) is 1.99. The van der Waals surface area contributed by atoms with E-state index in [1.54, 1.807) is 11.0 Å². The number of piperazine rings is 1. The van der Waals surface area contributed by atoms with Crippen LogP contribution in [0.4, 0.5) is 11.5 Å². The zero-order valence-electron chi connectivity index (χ0n) is 19.5. The van der Waals surface area contributed by atoms with Crippen molar-refractivity contribution in [1.29, 1.82) is 0 Å². The number of anilines is 2. The Morgan fingerprint density at radius 1 is 1.27 bits per heavy atom. The number of carbonyl (C=O) groups is 2. The Morgan fingerprint density at radius 3 is 2.40 bits per heavy atom. The molecule has 3 N–H and O–H groups in total. The van der Waals surface area contributed by atoms with Gasteiger partial charge in [-0.25, -0.2) is 4.98 Å². The van der Waals surface area contributed by atoms with Gasteiger partial charge in [0, 0.05) is 32.2 Å². The van der Waals surface area contributed by atoms with Gasteiger partial charge in [-0.15, -0.1) is 11.8 Å². The van der Waals surface area contributed by atoms with Crippen LogP contribution in [0.3, 0.4) is 0 Å². The van der Waals surface area contributed by atoms with Crippen LogP contribution in [0.5, 0.6) is 0 Å². The fraction of sp³-hybridized carbons (Fsp3) is 0.609. The molecule has 2 rings (SSSR count). The molecule has 30 heavy (non-hydrogen) atoms. The van der Waals surface area contributed by atoms with E-state index in [9.17, 15) is 9.59 Å². The first kappa shape index (κ1) is 25.4. The number of hydrogen-bond donors (Lipinski definition) is 2. The van der Waals surface area contributed by atoms with Crippen LogP contribution in [-0.2, 0) is 16.0 Å². The molecule has 1 fully saturated rings. The molecule has 1 aromatic rings. The van der Waals surface area contributed by atoms with E-state index in [1.807, 2.05) is 20.8 Å². The Bertz CT molecular complexity index is 783. The maximum absolute atomic E-state index is 12.5. The van der Waals surface area contributed by atoms with Crippen LogP contribution in [0.15, 0.2) is 12.3 Å². The highest BCUT2D eigenvalue weighted by molar-refractivity contribution is 6.39. The average molecular weight is 416 g/mol. The van der Waals surface area contributed by atoms with Gasteiger partial charge in [-0.3, -0.25) is 14.5 Å². The van der Waals surface area contributed by atoms with Crippen molar-refractivity contribution in [2.75, 3.05) is 37.2 Å². The molecule has 0 spiro atoms. The van der Waals surface area contributed by atoms with Crippen LogP contribution < -0.4 is 11.1 Å². The molecular formula is C23H37N5O2. The molecule has 1 unspecified atom stereocenters. The third-order valence-corrected chi connectivity index (χ3v) is 4.81. The first-order valence-corrected chi connectivity index (χ1v) is 10.4. The first-order chi connectivity index (χ1) is 14.0. The van der Waals surface area contributed by atoms with Crippen LogP contribution in [0.2, 0.25) is 0 Å². The van der Waals surface area contributed by atoms with E-state index in [0.29, 0.717) is 31.0 Å². The Balaban J connectivity index is 0.00000103. The number of hydrogen-bond acceptors (Lipinski definition) is 5. The largest absolute Gasteiger partial charge is 0.383 e. The van der Waals surface area contributed by atoms with E-state index in [2.05, 4.69) is 54.7 Å². The monoisotopic (exact) mass is 415 g/mol. The van der Waals surface area contributed by atoms with Crippen LogP contribution in [0, 0.1) is 17.3 Å². The average Bonchev–Trinajstić information content (AvgIpc) is 2.69. The Kier molecular flexibility index (Phi) is 9.80. The van der Waals surface area contributed by atoms with Crippen LogP contribution in [0.1, 0.15) is 54.0 Å². The summed E-state index contributed by atoms with van der Waals surface area (Å²) in [6.45, 7) is 17.2. The number of pyridine rings is 1. The van der Waals surface area contributed by atoms with E-state index < -0.39 is 11.8 Å². The number of nitrogens with one attached hydrogen (secondary N) is 1. The number of nitrogens with two attached hydrogens (primary N) is 1. The van der Waals surface area contributed by atoms with Crippen molar-refractivity contribution in [2.45, 2.75) is 60.9 Å². The predicted octanol–water partition coefficient (Wildman–Crippen LogP) is 2.77. The molecule has 1 aliphatic rings. The fourth-order valence-electron chi connectivity index (χ4n) is 3.22. The topological polar surface area (TPSA) is 91.6 Å². The van der Waals surface area contributed by atoms with E-state index in [4.69, 9.17) is 5.73 Å². The molecule has 0 aromatic carbocycles. The molecule has 0 radical (unpaired) electrons. The van der Waals surface area contributed by atoms with Crippen LogP contribution >= 0.6 is 0 Å². The summed E-state index contributed by atoms with van der Waals surface area (Å²) in [7, 11) is 0. The summed E-state index contributed by atoms with van der Waals surface area (Å²) in [6.07, 6.45) is 2.19. The number of aromatic nitrogens is 1. The minimum atomic E-state index is -0.630. The lowest BCUT2D eigenvalue weighted by Crippen LogP contribution is -2.56.